The van der Waals surface area contributed by atoms with Crippen molar-refractivity contribution in [1.82, 2.24) is 9.78 Å². The molecule has 3 aromatic rings. The van der Waals surface area contributed by atoms with Gasteiger partial charge >= 0.3 is 6.18 Å². The van der Waals surface area contributed by atoms with Gasteiger partial charge in [0.15, 0.2) is 5.69 Å². The summed E-state index contributed by atoms with van der Waals surface area (Å²) >= 11 is 5.93. The number of aryl methyl sites for hydroxylation is 1. The number of para-hydroxylation sites is 1. The Morgan fingerprint density at radius 3 is 2.37 bits per heavy atom. The summed E-state index contributed by atoms with van der Waals surface area (Å²) in [6.07, 6.45) is -4.71. The molecule has 0 saturated heterocycles. The quantitative estimate of drug-likeness (QED) is 0.697. The van der Waals surface area contributed by atoms with Crippen LogP contribution < -0.4 is 5.14 Å². The van der Waals surface area contributed by atoms with Gasteiger partial charge in [0, 0.05) is 10.6 Å². The summed E-state index contributed by atoms with van der Waals surface area (Å²) in [4.78, 5) is -0.338. The van der Waals surface area contributed by atoms with E-state index in [1.165, 1.54) is 30.3 Å². The average molecular weight is 416 g/mol. The number of primary sulfonamides is 1. The van der Waals surface area contributed by atoms with E-state index < -0.39 is 21.9 Å². The summed E-state index contributed by atoms with van der Waals surface area (Å²) in [6.45, 7) is 1.68. The highest BCUT2D eigenvalue weighted by Crippen LogP contribution is 2.35. The average Bonchev–Trinajstić information content (AvgIpc) is 2.99. The Morgan fingerprint density at radius 1 is 1.11 bits per heavy atom. The monoisotopic (exact) mass is 415 g/mol. The predicted molar refractivity (Wildman–Crippen MR) is 95.1 cm³/mol. The lowest BCUT2D eigenvalue weighted by molar-refractivity contribution is -0.141. The Hall–Kier alpha value is -2.36. The van der Waals surface area contributed by atoms with Gasteiger partial charge in [0.1, 0.15) is 4.90 Å². The molecule has 0 radical (unpaired) electrons. The zero-order valence-corrected chi connectivity index (χ0v) is 15.4. The van der Waals surface area contributed by atoms with E-state index in [2.05, 4.69) is 5.10 Å². The van der Waals surface area contributed by atoms with E-state index in [1.807, 2.05) is 0 Å². The van der Waals surface area contributed by atoms with Crippen molar-refractivity contribution in [1.29, 1.82) is 0 Å². The van der Waals surface area contributed by atoms with Crippen LogP contribution in [0.2, 0.25) is 5.02 Å². The molecule has 0 unspecified atom stereocenters. The van der Waals surface area contributed by atoms with Crippen molar-refractivity contribution < 1.29 is 21.6 Å². The molecule has 1 heterocycles. The number of nitrogens with zero attached hydrogens (tertiary/aromatic N) is 2. The minimum Gasteiger partial charge on any atom is -0.231 e. The van der Waals surface area contributed by atoms with Crippen LogP contribution in [0.3, 0.4) is 0 Å². The molecule has 0 amide bonds. The largest absolute Gasteiger partial charge is 0.435 e. The van der Waals surface area contributed by atoms with E-state index in [9.17, 15) is 21.6 Å². The van der Waals surface area contributed by atoms with Gasteiger partial charge in [-0.1, -0.05) is 29.8 Å². The second kappa shape index (κ2) is 6.66. The lowest BCUT2D eigenvalue weighted by Crippen LogP contribution is -2.16. The van der Waals surface area contributed by atoms with Crippen LogP contribution in [0.25, 0.3) is 16.9 Å². The standard InChI is InChI=1S/C17H13ClF3N3O2S/c1-10-8-11(18)6-7-12(10)14-9-16(17(19,20)21)23-24(14)13-4-2-3-5-15(13)27(22,25)26/h2-9H,1H3,(H2,22,25,26). The normalized spacial score (nSPS) is 12.4. The van der Waals surface area contributed by atoms with Gasteiger partial charge in [0.2, 0.25) is 10.0 Å². The van der Waals surface area contributed by atoms with Crippen LogP contribution in [-0.4, -0.2) is 18.2 Å². The molecule has 0 fully saturated rings. The first-order valence-corrected chi connectivity index (χ1v) is 9.47. The highest BCUT2D eigenvalue weighted by atomic mass is 35.5. The van der Waals surface area contributed by atoms with E-state index in [0.29, 0.717) is 16.1 Å². The van der Waals surface area contributed by atoms with Crippen molar-refractivity contribution in [2.24, 2.45) is 5.14 Å². The smallest absolute Gasteiger partial charge is 0.231 e. The van der Waals surface area contributed by atoms with Gasteiger partial charge in [0.05, 0.1) is 11.4 Å². The Labute approximate surface area is 158 Å². The third-order valence-corrected chi connectivity index (χ3v) is 5.06. The lowest BCUT2D eigenvalue weighted by Gasteiger charge is -2.13. The molecular formula is C17H13ClF3N3O2S. The van der Waals surface area contributed by atoms with Gasteiger partial charge in [-0.3, -0.25) is 0 Å². The number of rotatable bonds is 3. The molecule has 27 heavy (non-hydrogen) atoms. The van der Waals surface area contributed by atoms with Crippen LogP contribution in [0.4, 0.5) is 13.2 Å². The zero-order chi connectivity index (χ0) is 20.0. The third kappa shape index (κ3) is 3.85. The van der Waals surface area contributed by atoms with E-state index in [-0.39, 0.29) is 16.3 Å². The molecule has 3 rings (SSSR count). The first-order valence-electron chi connectivity index (χ1n) is 7.54. The minimum absolute atomic E-state index is 0.0626. The zero-order valence-electron chi connectivity index (χ0n) is 13.8. The molecule has 0 bridgehead atoms. The van der Waals surface area contributed by atoms with Gasteiger partial charge in [0.25, 0.3) is 0 Å². The van der Waals surface area contributed by atoms with Crippen molar-refractivity contribution in [3.05, 3.63) is 64.8 Å². The van der Waals surface area contributed by atoms with Crippen LogP contribution >= 0.6 is 11.6 Å². The molecule has 5 nitrogen and oxygen atoms in total. The predicted octanol–water partition coefficient (Wildman–Crippen LogP) is 4.17. The first kappa shape index (κ1) is 19.4. The number of nitrogens with two attached hydrogens (primary N) is 1. The number of halogens is 4. The molecule has 1 aromatic heterocycles. The van der Waals surface area contributed by atoms with Crippen molar-refractivity contribution in [2.75, 3.05) is 0 Å². The summed E-state index contributed by atoms with van der Waals surface area (Å²) in [5.74, 6) is 0. The van der Waals surface area contributed by atoms with Gasteiger partial charge in [-0.15, -0.1) is 0 Å². The number of hydrogen-bond acceptors (Lipinski definition) is 3. The maximum Gasteiger partial charge on any atom is 0.435 e. The summed E-state index contributed by atoms with van der Waals surface area (Å²) < 4.78 is 64.5. The molecule has 2 N–H and O–H groups in total. The fourth-order valence-electron chi connectivity index (χ4n) is 2.68. The van der Waals surface area contributed by atoms with E-state index in [1.54, 1.807) is 19.1 Å². The van der Waals surface area contributed by atoms with Crippen molar-refractivity contribution in [3.63, 3.8) is 0 Å². The maximum atomic E-state index is 13.3. The van der Waals surface area contributed by atoms with Crippen LogP contribution in [-0.2, 0) is 16.2 Å². The molecule has 0 aliphatic rings. The van der Waals surface area contributed by atoms with Gasteiger partial charge in [-0.05, 0) is 42.8 Å². The molecule has 0 aliphatic carbocycles. The van der Waals surface area contributed by atoms with Crippen LogP contribution in [0, 0.1) is 6.92 Å². The molecule has 0 aliphatic heterocycles. The SMILES string of the molecule is Cc1cc(Cl)ccc1-c1cc(C(F)(F)F)nn1-c1ccccc1S(N)(=O)=O. The van der Waals surface area contributed by atoms with Crippen LogP contribution in [0.5, 0.6) is 0 Å². The summed E-state index contributed by atoms with van der Waals surface area (Å²) in [5.41, 5.74) is -0.152. The van der Waals surface area contributed by atoms with Gasteiger partial charge in [-0.25, -0.2) is 18.2 Å². The molecule has 2 aromatic carbocycles. The van der Waals surface area contributed by atoms with Crippen LogP contribution in [0.15, 0.2) is 53.4 Å². The molecule has 0 spiro atoms. The molecule has 142 valence electrons. The lowest BCUT2D eigenvalue weighted by atomic mass is 10.1. The summed E-state index contributed by atoms with van der Waals surface area (Å²) in [5, 5.41) is 9.24. The fraction of sp³-hybridized carbons (Fsp3) is 0.118. The minimum atomic E-state index is -4.71. The Kier molecular flexibility index (Phi) is 4.79. The number of aromatic nitrogens is 2. The topological polar surface area (TPSA) is 78.0 Å². The van der Waals surface area contributed by atoms with Crippen molar-refractivity contribution >= 4 is 21.6 Å². The Bertz CT molecular complexity index is 1120. The Balaban J connectivity index is 2.36. The van der Waals surface area contributed by atoms with Crippen LogP contribution in [0.1, 0.15) is 11.3 Å². The second-order valence-electron chi connectivity index (χ2n) is 5.80. The molecular weight excluding hydrogens is 403 g/mol. The van der Waals surface area contributed by atoms with E-state index >= 15 is 0 Å². The van der Waals surface area contributed by atoms with Crippen molar-refractivity contribution in [3.8, 4) is 16.9 Å². The van der Waals surface area contributed by atoms with Crippen molar-refractivity contribution in [2.45, 2.75) is 18.0 Å². The van der Waals surface area contributed by atoms with Gasteiger partial charge < -0.3 is 0 Å². The molecule has 0 saturated carbocycles. The van der Waals surface area contributed by atoms with Gasteiger partial charge in [-0.2, -0.15) is 18.3 Å². The summed E-state index contributed by atoms with van der Waals surface area (Å²) in [6, 6.07) is 11.0. The van der Waals surface area contributed by atoms with E-state index in [4.69, 9.17) is 16.7 Å². The number of sulfonamides is 1. The summed E-state index contributed by atoms with van der Waals surface area (Å²) in [7, 11) is -4.19. The Morgan fingerprint density at radius 2 is 1.78 bits per heavy atom. The van der Waals surface area contributed by atoms with E-state index in [0.717, 1.165) is 10.7 Å². The second-order valence-corrected chi connectivity index (χ2v) is 7.76. The third-order valence-electron chi connectivity index (χ3n) is 3.86. The maximum absolute atomic E-state index is 13.3. The first-order chi connectivity index (χ1) is 12.5. The number of alkyl halides is 3. The molecule has 0 atom stereocenters. The fourth-order valence-corrected chi connectivity index (χ4v) is 3.62. The highest BCUT2D eigenvalue weighted by molar-refractivity contribution is 7.89. The highest BCUT2D eigenvalue weighted by Gasteiger charge is 2.36. The molecule has 10 heteroatoms. The number of hydrogen-bond donors (Lipinski definition) is 1. The number of benzene rings is 2.